The lowest BCUT2D eigenvalue weighted by atomic mass is 10.1. The van der Waals surface area contributed by atoms with Gasteiger partial charge in [0.05, 0.1) is 16.5 Å². The molecule has 0 spiro atoms. The van der Waals surface area contributed by atoms with Gasteiger partial charge >= 0.3 is 12.1 Å². The maximum absolute atomic E-state index is 14.1. The molecular formula is C18H11F4NO3. The molecule has 0 unspecified atom stereocenters. The van der Waals surface area contributed by atoms with Gasteiger partial charge in [-0.2, -0.15) is 13.2 Å². The Balaban J connectivity index is 2.13. The van der Waals surface area contributed by atoms with Crippen LogP contribution in [0.4, 0.5) is 17.6 Å². The minimum atomic E-state index is -4.47. The number of carboxylic acid groups (broad SMARTS) is 1. The Morgan fingerprint density at radius 3 is 2.31 bits per heavy atom. The molecule has 3 aromatic rings. The van der Waals surface area contributed by atoms with E-state index in [2.05, 4.69) is 0 Å². The topological polar surface area (TPSA) is 59.3 Å². The van der Waals surface area contributed by atoms with Crippen LogP contribution in [-0.2, 0) is 12.7 Å². The minimum absolute atomic E-state index is 0.0291. The molecule has 26 heavy (non-hydrogen) atoms. The molecular weight excluding hydrogens is 354 g/mol. The third kappa shape index (κ3) is 3.17. The van der Waals surface area contributed by atoms with Crippen LogP contribution < -0.4 is 5.43 Å². The first-order valence-corrected chi connectivity index (χ1v) is 7.39. The van der Waals surface area contributed by atoms with Crippen LogP contribution in [0.15, 0.2) is 53.5 Å². The van der Waals surface area contributed by atoms with Crippen molar-refractivity contribution in [3.8, 4) is 0 Å². The maximum atomic E-state index is 14.1. The number of pyridine rings is 1. The number of nitrogens with zero attached hydrogens (tertiary/aromatic N) is 1. The third-order valence-electron chi connectivity index (χ3n) is 3.92. The summed E-state index contributed by atoms with van der Waals surface area (Å²) in [7, 11) is 0. The highest BCUT2D eigenvalue weighted by molar-refractivity contribution is 5.92. The summed E-state index contributed by atoms with van der Waals surface area (Å²) in [4.78, 5) is 23.5. The first-order chi connectivity index (χ1) is 12.2. The predicted octanol–water partition coefficient (Wildman–Crippen LogP) is 3.91. The molecule has 134 valence electrons. The first-order valence-electron chi connectivity index (χ1n) is 7.39. The Morgan fingerprint density at radius 2 is 1.73 bits per heavy atom. The highest BCUT2D eigenvalue weighted by Crippen LogP contribution is 2.29. The molecule has 1 aromatic heterocycles. The monoisotopic (exact) mass is 365 g/mol. The number of hydrogen-bond donors (Lipinski definition) is 1. The summed E-state index contributed by atoms with van der Waals surface area (Å²) < 4.78 is 53.3. The van der Waals surface area contributed by atoms with Crippen molar-refractivity contribution in [1.29, 1.82) is 0 Å². The molecule has 3 rings (SSSR count). The van der Waals surface area contributed by atoms with Crippen LogP contribution in [0.1, 0.15) is 21.5 Å². The van der Waals surface area contributed by atoms with E-state index in [-0.39, 0.29) is 17.4 Å². The Morgan fingerprint density at radius 1 is 1.08 bits per heavy atom. The van der Waals surface area contributed by atoms with Crippen molar-refractivity contribution in [3.63, 3.8) is 0 Å². The van der Waals surface area contributed by atoms with Crippen LogP contribution in [0.2, 0.25) is 0 Å². The Hall–Kier alpha value is -3.16. The lowest BCUT2D eigenvalue weighted by Crippen LogP contribution is -2.20. The second kappa shape index (κ2) is 6.29. The molecule has 8 heteroatoms. The second-order valence-electron chi connectivity index (χ2n) is 5.63. The number of aromatic nitrogens is 1. The molecule has 0 aliphatic rings. The second-order valence-corrected chi connectivity index (χ2v) is 5.63. The van der Waals surface area contributed by atoms with E-state index in [4.69, 9.17) is 0 Å². The SMILES string of the molecule is O=C(O)c1cn(Cc2ccc(C(F)(F)F)cc2)c2cccc(F)c2c1=O. The van der Waals surface area contributed by atoms with E-state index in [1.54, 1.807) is 0 Å². The molecule has 0 atom stereocenters. The van der Waals surface area contributed by atoms with Gasteiger partial charge in [0.25, 0.3) is 0 Å². The van der Waals surface area contributed by atoms with Crippen molar-refractivity contribution in [2.24, 2.45) is 0 Å². The number of alkyl halides is 3. The van der Waals surface area contributed by atoms with E-state index >= 15 is 0 Å². The Bertz CT molecular complexity index is 1050. The van der Waals surface area contributed by atoms with Gasteiger partial charge in [0.2, 0.25) is 5.43 Å². The van der Waals surface area contributed by atoms with Crippen molar-refractivity contribution in [3.05, 3.63) is 81.4 Å². The number of hydrogen-bond acceptors (Lipinski definition) is 2. The summed E-state index contributed by atoms with van der Waals surface area (Å²) in [6, 6.07) is 8.13. The Kier molecular flexibility index (Phi) is 4.27. The third-order valence-corrected chi connectivity index (χ3v) is 3.92. The summed E-state index contributed by atoms with van der Waals surface area (Å²) in [5.41, 5.74) is -1.80. The summed E-state index contributed by atoms with van der Waals surface area (Å²) in [6.07, 6.45) is -3.41. The molecule has 0 bridgehead atoms. The van der Waals surface area contributed by atoms with Gasteiger partial charge < -0.3 is 9.67 Å². The molecule has 0 aliphatic carbocycles. The number of benzene rings is 2. The van der Waals surface area contributed by atoms with Gasteiger partial charge in [-0.15, -0.1) is 0 Å². The summed E-state index contributed by atoms with van der Waals surface area (Å²) in [6.45, 7) is -0.0291. The van der Waals surface area contributed by atoms with Crippen molar-refractivity contribution in [2.45, 2.75) is 12.7 Å². The summed E-state index contributed by atoms with van der Waals surface area (Å²) in [5, 5.41) is 8.80. The maximum Gasteiger partial charge on any atom is 0.416 e. The van der Waals surface area contributed by atoms with E-state index in [1.807, 2.05) is 0 Å². The molecule has 0 saturated heterocycles. The van der Waals surface area contributed by atoms with Crippen LogP contribution in [0, 0.1) is 5.82 Å². The van der Waals surface area contributed by atoms with E-state index < -0.39 is 34.5 Å². The van der Waals surface area contributed by atoms with Gasteiger partial charge in [0, 0.05) is 12.7 Å². The number of fused-ring (bicyclic) bond motifs is 1. The average molecular weight is 365 g/mol. The molecule has 0 fully saturated rings. The number of carbonyl (C=O) groups is 1. The summed E-state index contributed by atoms with van der Waals surface area (Å²) >= 11 is 0. The molecule has 1 N–H and O–H groups in total. The van der Waals surface area contributed by atoms with Crippen LogP contribution in [0.25, 0.3) is 10.9 Å². The predicted molar refractivity (Wildman–Crippen MR) is 85.7 cm³/mol. The molecule has 0 saturated carbocycles. The van der Waals surface area contributed by atoms with Crippen molar-refractivity contribution in [2.75, 3.05) is 0 Å². The molecule has 0 radical (unpaired) electrons. The minimum Gasteiger partial charge on any atom is -0.477 e. The van der Waals surface area contributed by atoms with Gasteiger partial charge in [-0.05, 0) is 29.8 Å². The standard InChI is InChI=1S/C18H11F4NO3/c19-13-2-1-3-14-15(13)16(24)12(17(25)26)9-23(14)8-10-4-6-11(7-5-10)18(20,21)22/h1-7,9H,8H2,(H,25,26). The van der Waals surface area contributed by atoms with Gasteiger partial charge in [-0.1, -0.05) is 18.2 Å². The van der Waals surface area contributed by atoms with E-state index in [9.17, 15) is 32.3 Å². The lowest BCUT2D eigenvalue weighted by Gasteiger charge is -2.13. The summed E-state index contributed by atoms with van der Waals surface area (Å²) in [5.74, 6) is -2.38. The van der Waals surface area contributed by atoms with Crippen molar-refractivity contribution < 1.29 is 27.5 Å². The van der Waals surface area contributed by atoms with Crippen LogP contribution >= 0.6 is 0 Å². The van der Waals surface area contributed by atoms with Crippen LogP contribution in [-0.4, -0.2) is 15.6 Å². The zero-order valence-electron chi connectivity index (χ0n) is 13.0. The fourth-order valence-corrected chi connectivity index (χ4v) is 2.67. The highest BCUT2D eigenvalue weighted by Gasteiger charge is 2.30. The molecule has 0 amide bonds. The largest absolute Gasteiger partial charge is 0.477 e. The van der Waals surface area contributed by atoms with Crippen molar-refractivity contribution >= 4 is 16.9 Å². The lowest BCUT2D eigenvalue weighted by molar-refractivity contribution is -0.137. The molecule has 1 heterocycles. The van der Waals surface area contributed by atoms with Gasteiger partial charge in [0.1, 0.15) is 11.4 Å². The average Bonchev–Trinajstić information content (AvgIpc) is 2.56. The van der Waals surface area contributed by atoms with E-state index in [0.29, 0.717) is 5.56 Å². The van der Waals surface area contributed by atoms with Crippen molar-refractivity contribution in [1.82, 2.24) is 4.57 Å². The fourth-order valence-electron chi connectivity index (χ4n) is 2.67. The smallest absolute Gasteiger partial charge is 0.416 e. The molecule has 4 nitrogen and oxygen atoms in total. The molecule has 2 aromatic carbocycles. The van der Waals surface area contributed by atoms with E-state index in [0.717, 1.165) is 24.4 Å². The van der Waals surface area contributed by atoms with Gasteiger partial charge in [0.15, 0.2) is 0 Å². The fraction of sp³-hybridized carbons (Fsp3) is 0.111. The zero-order chi connectivity index (χ0) is 19.1. The highest BCUT2D eigenvalue weighted by atomic mass is 19.4. The number of aromatic carboxylic acids is 1. The Labute approximate surface area is 143 Å². The first kappa shape index (κ1) is 17.7. The van der Waals surface area contributed by atoms with Gasteiger partial charge in [-0.25, -0.2) is 9.18 Å². The zero-order valence-corrected chi connectivity index (χ0v) is 13.0. The normalized spacial score (nSPS) is 11.7. The molecule has 0 aliphatic heterocycles. The number of carboxylic acids is 1. The van der Waals surface area contributed by atoms with E-state index in [1.165, 1.54) is 28.8 Å². The van der Waals surface area contributed by atoms with Crippen LogP contribution in [0.5, 0.6) is 0 Å². The number of rotatable bonds is 3. The van der Waals surface area contributed by atoms with Crippen LogP contribution in [0.3, 0.4) is 0 Å². The number of halogens is 4. The van der Waals surface area contributed by atoms with Gasteiger partial charge in [-0.3, -0.25) is 4.79 Å². The quantitative estimate of drug-likeness (QED) is 0.716.